The van der Waals surface area contributed by atoms with Crippen molar-refractivity contribution in [3.63, 3.8) is 0 Å². The van der Waals surface area contributed by atoms with Gasteiger partial charge in [0, 0.05) is 5.56 Å². The van der Waals surface area contributed by atoms with Crippen LogP contribution in [0, 0.1) is 0 Å². The smallest absolute Gasteiger partial charge is 0.195 e. The van der Waals surface area contributed by atoms with Gasteiger partial charge in [0.05, 0.1) is 22.4 Å². The zero-order valence-corrected chi connectivity index (χ0v) is 14.2. The number of hydrogen-bond acceptors (Lipinski definition) is 4. The van der Waals surface area contributed by atoms with E-state index >= 15 is 0 Å². The molecule has 0 saturated heterocycles. The Labute approximate surface area is 139 Å². The van der Waals surface area contributed by atoms with Gasteiger partial charge in [-0.1, -0.05) is 23.7 Å². The van der Waals surface area contributed by atoms with Gasteiger partial charge in [0.25, 0.3) is 0 Å². The first-order chi connectivity index (χ1) is 10.5. The molecule has 0 amide bonds. The first-order valence-corrected chi connectivity index (χ1v) is 8.02. The zero-order chi connectivity index (χ0) is 16.1. The van der Waals surface area contributed by atoms with Gasteiger partial charge >= 0.3 is 0 Å². The number of halogens is 1. The van der Waals surface area contributed by atoms with Crippen LogP contribution in [0.1, 0.15) is 29.1 Å². The number of para-hydroxylation sites is 1. The highest BCUT2D eigenvalue weighted by atomic mass is 35.5. The van der Waals surface area contributed by atoms with Crippen LogP contribution < -0.4 is 9.47 Å². The Morgan fingerprint density at radius 2 is 2.05 bits per heavy atom. The zero-order valence-electron chi connectivity index (χ0n) is 12.6. The molecule has 0 atom stereocenters. The maximum atomic E-state index is 12.1. The van der Waals surface area contributed by atoms with Crippen molar-refractivity contribution in [1.82, 2.24) is 0 Å². The van der Waals surface area contributed by atoms with Crippen LogP contribution >= 0.6 is 22.9 Å². The third-order valence-corrected chi connectivity index (χ3v) is 4.06. The minimum atomic E-state index is -0.0878. The van der Waals surface area contributed by atoms with E-state index in [1.165, 1.54) is 17.4 Å². The van der Waals surface area contributed by atoms with E-state index in [-0.39, 0.29) is 11.9 Å². The molecule has 22 heavy (non-hydrogen) atoms. The molecule has 116 valence electrons. The number of ether oxygens (including phenoxy) is 2. The fourth-order valence-electron chi connectivity index (χ4n) is 1.88. The van der Waals surface area contributed by atoms with E-state index in [0.717, 1.165) is 5.56 Å². The van der Waals surface area contributed by atoms with Gasteiger partial charge in [0.1, 0.15) is 0 Å². The molecule has 1 aromatic heterocycles. The summed E-state index contributed by atoms with van der Waals surface area (Å²) in [7, 11) is 1.59. The second-order valence-electron chi connectivity index (χ2n) is 4.85. The van der Waals surface area contributed by atoms with Gasteiger partial charge in [-0.25, -0.2) is 0 Å². The molecule has 0 aliphatic heterocycles. The minimum Gasteiger partial charge on any atom is -0.493 e. The molecule has 1 aromatic carbocycles. The van der Waals surface area contributed by atoms with E-state index < -0.39 is 0 Å². The molecule has 2 aromatic rings. The maximum Gasteiger partial charge on any atom is 0.195 e. The SMILES string of the molecule is COc1cccc(/C=C/C(=O)c2ccc(Cl)s2)c1OC(C)C. The Hall–Kier alpha value is -1.78. The van der Waals surface area contributed by atoms with Crippen molar-refractivity contribution in [2.75, 3.05) is 7.11 Å². The molecule has 0 spiro atoms. The molecule has 0 aliphatic rings. The van der Waals surface area contributed by atoms with Crippen molar-refractivity contribution in [3.05, 3.63) is 51.2 Å². The number of thiophene rings is 1. The van der Waals surface area contributed by atoms with E-state index in [2.05, 4.69) is 0 Å². The Kier molecular flexibility index (Phi) is 5.63. The molecule has 0 bridgehead atoms. The Bertz CT molecular complexity index is 689. The quantitative estimate of drug-likeness (QED) is 0.544. The van der Waals surface area contributed by atoms with Crippen LogP contribution in [0.3, 0.4) is 0 Å². The molecular formula is C17H17ClO3S. The molecule has 0 aliphatic carbocycles. The third kappa shape index (κ3) is 4.12. The van der Waals surface area contributed by atoms with Crippen LogP contribution in [0.2, 0.25) is 4.34 Å². The Balaban J connectivity index is 2.28. The highest BCUT2D eigenvalue weighted by Crippen LogP contribution is 2.33. The van der Waals surface area contributed by atoms with Crippen molar-refractivity contribution in [1.29, 1.82) is 0 Å². The molecule has 0 fully saturated rings. The van der Waals surface area contributed by atoms with Crippen LogP contribution in [0.25, 0.3) is 6.08 Å². The average Bonchev–Trinajstić information content (AvgIpc) is 2.92. The van der Waals surface area contributed by atoms with Gasteiger partial charge < -0.3 is 9.47 Å². The first-order valence-electron chi connectivity index (χ1n) is 6.82. The third-order valence-electron chi connectivity index (χ3n) is 2.81. The van der Waals surface area contributed by atoms with Crippen molar-refractivity contribution in [2.45, 2.75) is 20.0 Å². The highest BCUT2D eigenvalue weighted by molar-refractivity contribution is 7.18. The van der Waals surface area contributed by atoms with Crippen LogP contribution in [0.15, 0.2) is 36.4 Å². The van der Waals surface area contributed by atoms with Gasteiger partial charge in [0.2, 0.25) is 0 Å². The number of carbonyl (C=O) groups is 1. The lowest BCUT2D eigenvalue weighted by atomic mass is 10.1. The average molecular weight is 337 g/mol. The highest BCUT2D eigenvalue weighted by Gasteiger charge is 2.11. The summed E-state index contributed by atoms with van der Waals surface area (Å²) < 4.78 is 11.7. The summed E-state index contributed by atoms with van der Waals surface area (Å²) in [6, 6.07) is 9.00. The largest absolute Gasteiger partial charge is 0.493 e. The lowest BCUT2D eigenvalue weighted by molar-refractivity contribution is 0.105. The molecule has 2 rings (SSSR count). The monoisotopic (exact) mass is 336 g/mol. The number of carbonyl (C=O) groups excluding carboxylic acids is 1. The summed E-state index contributed by atoms with van der Waals surface area (Å²) in [5, 5.41) is 0. The lowest BCUT2D eigenvalue weighted by Gasteiger charge is -2.15. The van der Waals surface area contributed by atoms with Gasteiger partial charge in [-0.15, -0.1) is 11.3 Å². The molecule has 1 heterocycles. The summed E-state index contributed by atoms with van der Waals surface area (Å²) in [6.07, 6.45) is 3.26. The molecule has 0 saturated carbocycles. The Morgan fingerprint density at radius 3 is 2.64 bits per heavy atom. The van der Waals surface area contributed by atoms with Crippen molar-refractivity contribution < 1.29 is 14.3 Å². The minimum absolute atomic E-state index is 0.00949. The van der Waals surface area contributed by atoms with Gasteiger partial charge in [-0.2, -0.15) is 0 Å². The fraction of sp³-hybridized carbons (Fsp3) is 0.235. The van der Waals surface area contributed by atoms with Crippen molar-refractivity contribution >= 4 is 34.8 Å². The molecule has 5 heteroatoms. The van der Waals surface area contributed by atoms with E-state index in [9.17, 15) is 4.79 Å². The molecular weight excluding hydrogens is 320 g/mol. The van der Waals surface area contributed by atoms with E-state index in [1.54, 1.807) is 25.3 Å². The topological polar surface area (TPSA) is 35.5 Å². The van der Waals surface area contributed by atoms with Crippen LogP contribution in [-0.4, -0.2) is 19.0 Å². The first kappa shape index (κ1) is 16.6. The molecule has 3 nitrogen and oxygen atoms in total. The van der Waals surface area contributed by atoms with Crippen molar-refractivity contribution in [2.24, 2.45) is 0 Å². The normalized spacial score (nSPS) is 11.1. The predicted octanol–water partition coefficient (Wildman–Crippen LogP) is 5.09. The van der Waals surface area contributed by atoms with E-state index in [1.807, 2.05) is 32.0 Å². The number of allylic oxidation sites excluding steroid dienone is 1. The number of rotatable bonds is 6. The van der Waals surface area contributed by atoms with Gasteiger partial charge in [-0.3, -0.25) is 4.79 Å². The van der Waals surface area contributed by atoms with Crippen LogP contribution in [-0.2, 0) is 0 Å². The second kappa shape index (κ2) is 7.47. The Morgan fingerprint density at radius 1 is 1.27 bits per heavy atom. The molecule has 0 unspecified atom stereocenters. The summed E-state index contributed by atoms with van der Waals surface area (Å²) in [4.78, 5) is 12.7. The second-order valence-corrected chi connectivity index (χ2v) is 6.56. The number of hydrogen-bond donors (Lipinski definition) is 0. The number of benzene rings is 1. The molecule has 0 radical (unpaired) electrons. The summed E-state index contributed by atoms with van der Waals surface area (Å²) >= 11 is 7.11. The fourth-order valence-corrected chi connectivity index (χ4v) is 2.84. The molecule has 0 N–H and O–H groups in total. The van der Waals surface area contributed by atoms with Crippen LogP contribution in [0.5, 0.6) is 11.5 Å². The maximum absolute atomic E-state index is 12.1. The summed E-state index contributed by atoms with van der Waals surface area (Å²) in [5.74, 6) is 1.19. The number of methoxy groups -OCH3 is 1. The predicted molar refractivity (Wildman–Crippen MR) is 91.5 cm³/mol. The lowest BCUT2D eigenvalue weighted by Crippen LogP contribution is -2.08. The van der Waals surface area contributed by atoms with Gasteiger partial charge in [0.15, 0.2) is 17.3 Å². The van der Waals surface area contributed by atoms with Crippen molar-refractivity contribution in [3.8, 4) is 11.5 Å². The van der Waals surface area contributed by atoms with Gasteiger partial charge in [-0.05, 0) is 44.2 Å². The summed E-state index contributed by atoms with van der Waals surface area (Å²) in [6.45, 7) is 3.89. The van der Waals surface area contributed by atoms with E-state index in [4.69, 9.17) is 21.1 Å². The number of ketones is 1. The standard InChI is InChI=1S/C17H17ClO3S/c1-11(2)21-17-12(5-4-6-14(17)20-3)7-8-13(19)15-9-10-16(18)22-15/h4-11H,1-3H3/b8-7+. The van der Waals surface area contributed by atoms with Crippen LogP contribution in [0.4, 0.5) is 0 Å². The van der Waals surface area contributed by atoms with E-state index in [0.29, 0.717) is 20.7 Å². The summed E-state index contributed by atoms with van der Waals surface area (Å²) in [5.41, 5.74) is 0.795.